The van der Waals surface area contributed by atoms with Crippen molar-refractivity contribution >= 4 is 17.5 Å². The molecule has 27 heavy (non-hydrogen) atoms. The molecule has 3 rings (SSSR count). The van der Waals surface area contributed by atoms with E-state index in [1.165, 1.54) is 19.8 Å². The van der Waals surface area contributed by atoms with Crippen LogP contribution < -0.4 is 15.4 Å². The number of aromatic nitrogens is 1. The van der Waals surface area contributed by atoms with E-state index in [9.17, 15) is 9.59 Å². The Morgan fingerprint density at radius 3 is 2.63 bits per heavy atom. The van der Waals surface area contributed by atoms with Crippen LogP contribution in [-0.4, -0.2) is 22.9 Å². The molecular weight excluding hydrogens is 342 g/mol. The van der Waals surface area contributed by atoms with Crippen LogP contribution in [0.3, 0.4) is 0 Å². The monoisotopic (exact) mass is 367 g/mol. The number of rotatable bonds is 6. The van der Waals surface area contributed by atoms with Crippen LogP contribution in [0.5, 0.6) is 5.88 Å². The smallest absolute Gasteiger partial charge is 0.251 e. The number of aryl methyl sites for hydroxylation is 1. The van der Waals surface area contributed by atoms with E-state index in [4.69, 9.17) is 4.74 Å². The van der Waals surface area contributed by atoms with Gasteiger partial charge in [0.2, 0.25) is 11.8 Å². The van der Waals surface area contributed by atoms with Crippen molar-refractivity contribution in [1.29, 1.82) is 0 Å². The highest BCUT2D eigenvalue weighted by molar-refractivity contribution is 5.97. The number of anilines is 1. The SMILES string of the molecule is CC(=O)Nc1cc(C(=O)NCc2ccc(OC3CCCC3)nc2)ccc1C. The summed E-state index contributed by atoms with van der Waals surface area (Å²) in [4.78, 5) is 28.0. The molecule has 142 valence electrons. The maximum absolute atomic E-state index is 12.4. The normalized spacial score (nSPS) is 14.0. The molecule has 1 heterocycles. The maximum atomic E-state index is 12.4. The van der Waals surface area contributed by atoms with Gasteiger partial charge >= 0.3 is 0 Å². The van der Waals surface area contributed by atoms with Crippen molar-refractivity contribution in [2.24, 2.45) is 0 Å². The lowest BCUT2D eigenvalue weighted by Gasteiger charge is -2.12. The summed E-state index contributed by atoms with van der Waals surface area (Å²) in [6, 6.07) is 9.00. The molecule has 0 saturated heterocycles. The standard InChI is InChI=1S/C21H25N3O3/c1-14-7-9-17(11-19(14)24-15(2)25)21(26)23-13-16-8-10-20(22-12-16)27-18-5-3-4-6-18/h7-12,18H,3-6,13H2,1-2H3,(H,23,26)(H,24,25). The summed E-state index contributed by atoms with van der Waals surface area (Å²) < 4.78 is 5.85. The number of hydrogen-bond donors (Lipinski definition) is 2. The molecule has 6 heteroatoms. The first-order valence-electron chi connectivity index (χ1n) is 9.29. The molecule has 0 atom stereocenters. The van der Waals surface area contributed by atoms with Crippen molar-refractivity contribution in [1.82, 2.24) is 10.3 Å². The molecule has 1 aliphatic carbocycles. The molecule has 1 aromatic heterocycles. The van der Waals surface area contributed by atoms with Gasteiger partial charge in [-0.15, -0.1) is 0 Å². The summed E-state index contributed by atoms with van der Waals surface area (Å²) in [7, 11) is 0. The topological polar surface area (TPSA) is 80.3 Å². The van der Waals surface area contributed by atoms with E-state index in [1.54, 1.807) is 18.3 Å². The molecule has 0 unspecified atom stereocenters. The summed E-state index contributed by atoms with van der Waals surface area (Å²) in [5, 5.41) is 5.61. The Kier molecular flexibility index (Phi) is 6.06. The predicted octanol–water partition coefficient (Wildman–Crippen LogP) is 3.60. The van der Waals surface area contributed by atoms with Crippen LogP contribution in [0.1, 0.15) is 54.1 Å². The highest BCUT2D eigenvalue weighted by atomic mass is 16.5. The molecule has 2 amide bonds. The Hall–Kier alpha value is -2.89. The molecule has 1 aromatic carbocycles. The lowest BCUT2D eigenvalue weighted by Crippen LogP contribution is -2.23. The van der Waals surface area contributed by atoms with Crippen LogP contribution in [0.2, 0.25) is 0 Å². The van der Waals surface area contributed by atoms with Gasteiger partial charge in [0.1, 0.15) is 6.10 Å². The van der Waals surface area contributed by atoms with E-state index >= 15 is 0 Å². The van der Waals surface area contributed by atoms with E-state index in [1.807, 2.05) is 25.1 Å². The van der Waals surface area contributed by atoms with Gasteiger partial charge in [-0.05, 0) is 55.9 Å². The van der Waals surface area contributed by atoms with Crippen LogP contribution in [-0.2, 0) is 11.3 Å². The van der Waals surface area contributed by atoms with Gasteiger partial charge in [-0.2, -0.15) is 0 Å². The zero-order valence-electron chi connectivity index (χ0n) is 15.7. The Balaban J connectivity index is 1.56. The highest BCUT2D eigenvalue weighted by Crippen LogP contribution is 2.23. The number of carbonyl (C=O) groups excluding carboxylic acids is 2. The van der Waals surface area contributed by atoms with Gasteiger partial charge in [0.25, 0.3) is 5.91 Å². The first kappa shape index (κ1) is 18.9. The van der Waals surface area contributed by atoms with Crippen molar-refractivity contribution in [2.45, 2.75) is 52.2 Å². The van der Waals surface area contributed by atoms with Gasteiger partial charge in [0.05, 0.1) is 0 Å². The van der Waals surface area contributed by atoms with Gasteiger partial charge in [0, 0.05) is 37.0 Å². The van der Waals surface area contributed by atoms with Gasteiger partial charge in [-0.1, -0.05) is 12.1 Å². The van der Waals surface area contributed by atoms with Crippen molar-refractivity contribution < 1.29 is 14.3 Å². The number of benzene rings is 1. The molecular formula is C21H25N3O3. The van der Waals surface area contributed by atoms with E-state index in [0.717, 1.165) is 24.0 Å². The molecule has 0 aliphatic heterocycles. The minimum absolute atomic E-state index is 0.165. The van der Waals surface area contributed by atoms with Crippen molar-refractivity contribution in [3.05, 3.63) is 53.2 Å². The van der Waals surface area contributed by atoms with Crippen molar-refractivity contribution in [3.63, 3.8) is 0 Å². The quantitative estimate of drug-likeness (QED) is 0.817. The average molecular weight is 367 g/mol. The van der Waals surface area contributed by atoms with Crippen LogP contribution in [0, 0.1) is 6.92 Å². The Bertz CT molecular complexity index is 812. The predicted molar refractivity (Wildman–Crippen MR) is 104 cm³/mol. The van der Waals surface area contributed by atoms with Crippen LogP contribution >= 0.6 is 0 Å². The second kappa shape index (κ2) is 8.66. The number of amides is 2. The van der Waals surface area contributed by atoms with Crippen molar-refractivity contribution in [2.75, 3.05) is 5.32 Å². The summed E-state index contributed by atoms with van der Waals surface area (Å²) in [6.07, 6.45) is 6.63. The number of nitrogens with zero attached hydrogens (tertiary/aromatic N) is 1. The van der Waals surface area contributed by atoms with Crippen LogP contribution in [0.15, 0.2) is 36.5 Å². The second-order valence-electron chi connectivity index (χ2n) is 6.92. The van der Waals surface area contributed by atoms with Crippen LogP contribution in [0.25, 0.3) is 0 Å². The lowest BCUT2D eigenvalue weighted by molar-refractivity contribution is -0.114. The third-order valence-electron chi connectivity index (χ3n) is 4.65. The first-order chi connectivity index (χ1) is 13.0. The molecule has 0 bridgehead atoms. The Morgan fingerprint density at radius 2 is 1.96 bits per heavy atom. The first-order valence-corrected chi connectivity index (χ1v) is 9.29. The zero-order valence-corrected chi connectivity index (χ0v) is 15.7. The van der Waals surface area contributed by atoms with Gasteiger partial charge in [0.15, 0.2) is 0 Å². The zero-order chi connectivity index (χ0) is 19.2. The van der Waals surface area contributed by atoms with E-state index < -0.39 is 0 Å². The van der Waals surface area contributed by atoms with Gasteiger partial charge in [-0.3, -0.25) is 9.59 Å². The molecule has 1 aliphatic rings. The summed E-state index contributed by atoms with van der Waals surface area (Å²) in [6.45, 7) is 3.70. The third-order valence-corrected chi connectivity index (χ3v) is 4.65. The summed E-state index contributed by atoms with van der Waals surface area (Å²) in [5.74, 6) is 0.269. The summed E-state index contributed by atoms with van der Waals surface area (Å²) >= 11 is 0. The molecule has 2 N–H and O–H groups in total. The fourth-order valence-corrected chi connectivity index (χ4v) is 3.13. The number of carbonyl (C=O) groups is 2. The molecule has 0 radical (unpaired) electrons. The van der Waals surface area contributed by atoms with E-state index in [-0.39, 0.29) is 17.9 Å². The van der Waals surface area contributed by atoms with Crippen molar-refractivity contribution in [3.8, 4) is 5.88 Å². The number of pyridine rings is 1. The largest absolute Gasteiger partial charge is 0.474 e. The molecule has 6 nitrogen and oxygen atoms in total. The minimum Gasteiger partial charge on any atom is -0.474 e. The number of nitrogens with one attached hydrogen (secondary N) is 2. The molecule has 1 saturated carbocycles. The lowest BCUT2D eigenvalue weighted by atomic mass is 10.1. The second-order valence-corrected chi connectivity index (χ2v) is 6.92. The number of ether oxygens (including phenoxy) is 1. The third kappa shape index (κ3) is 5.29. The highest BCUT2D eigenvalue weighted by Gasteiger charge is 2.16. The molecule has 0 spiro atoms. The van der Waals surface area contributed by atoms with E-state index in [2.05, 4.69) is 15.6 Å². The molecule has 2 aromatic rings. The van der Waals surface area contributed by atoms with E-state index in [0.29, 0.717) is 23.7 Å². The Labute approximate surface area is 159 Å². The van der Waals surface area contributed by atoms with Gasteiger partial charge in [-0.25, -0.2) is 4.98 Å². The fraction of sp³-hybridized carbons (Fsp3) is 0.381. The number of hydrogen-bond acceptors (Lipinski definition) is 4. The maximum Gasteiger partial charge on any atom is 0.251 e. The summed E-state index contributed by atoms with van der Waals surface area (Å²) in [5.41, 5.74) is 2.95. The minimum atomic E-state index is -0.201. The Morgan fingerprint density at radius 1 is 1.19 bits per heavy atom. The van der Waals surface area contributed by atoms with Gasteiger partial charge < -0.3 is 15.4 Å². The molecule has 1 fully saturated rings. The average Bonchev–Trinajstić information content (AvgIpc) is 3.15. The fourth-order valence-electron chi connectivity index (χ4n) is 3.13. The van der Waals surface area contributed by atoms with Crippen LogP contribution in [0.4, 0.5) is 5.69 Å².